The maximum absolute atomic E-state index is 11.4. The quantitative estimate of drug-likeness (QED) is 0.532. The zero-order chi connectivity index (χ0) is 18.8. The van der Waals surface area contributed by atoms with Crippen molar-refractivity contribution in [2.45, 2.75) is 0 Å². The molecule has 6 nitrogen and oxygen atoms in total. The summed E-state index contributed by atoms with van der Waals surface area (Å²) in [5.74, 6) is 3.89. The van der Waals surface area contributed by atoms with Crippen LogP contribution < -0.4 is 0 Å². The van der Waals surface area contributed by atoms with Gasteiger partial charge >= 0.3 is 5.97 Å². The summed E-state index contributed by atoms with van der Waals surface area (Å²) in [5.41, 5.74) is 1.50. The highest BCUT2D eigenvalue weighted by molar-refractivity contribution is 6.03. The molecular weight excluding hydrogens is 344 g/mol. The van der Waals surface area contributed by atoms with Crippen molar-refractivity contribution in [3.05, 3.63) is 77.6 Å². The molecule has 130 valence electrons. The van der Waals surface area contributed by atoms with E-state index >= 15 is 0 Å². The fourth-order valence-corrected chi connectivity index (χ4v) is 2.69. The van der Waals surface area contributed by atoms with Crippen molar-refractivity contribution in [3.63, 3.8) is 0 Å². The topological polar surface area (TPSA) is 96.5 Å². The minimum atomic E-state index is -1.38. The van der Waals surface area contributed by atoms with Crippen molar-refractivity contribution in [3.8, 4) is 28.8 Å². The van der Waals surface area contributed by atoms with Crippen LogP contribution >= 0.6 is 0 Å². The van der Waals surface area contributed by atoms with Gasteiger partial charge in [-0.3, -0.25) is 0 Å². The van der Waals surface area contributed by atoms with Crippen molar-refractivity contribution < 1.29 is 19.5 Å². The lowest BCUT2D eigenvalue weighted by atomic mass is 10.1. The number of carboxylic acid groups (broad SMARTS) is 1. The lowest BCUT2D eigenvalue weighted by molar-refractivity contribution is 0.0687. The van der Waals surface area contributed by atoms with Gasteiger partial charge in [-0.2, -0.15) is 0 Å². The van der Waals surface area contributed by atoms with E-state index in [-0.39, 0.29) is 11.3 Å². The molecular formula is C21H12N2O4. The molecule has 0 saturated heterocycles. The van der Waals surface area contributed by atoms with Crippen LogP contribution in [0.2, 0.25) is 0 Å². The van der Waals surface area contributed by atoms with Gasteiger partial charge in [-0.05, 0) is 18.1 Å². The number of aromatic carboxylic acids is 1. The maximum Gasteiger partial charge on any atom is 0.358 e. The number of pyridine rings is 1. The molecule has 2 heterocycles. The lowest BCUT2D eigenvalue weighted by Crippen LogP contribution is -2.03. The molecule has 0 amide bonds. The second-order valence-corrected chi connectivity index (χ2v) is 5.68. The Balaban J connectivity index is 2.00. The summed E-state index contributed by atoms with van der Waals surface area (Å²) in [5, 5.41) is 24.0. The monoisotopic (exact) mass is 356 g/mol. The molecule has 2 aromatic heterocycles. The van der Waals surface area contributed by atoms with Crippen LogP contribution in [-0.4, -0.2) is 26.3 Å². The van der Waals surface area contributed by atoms with Crippen molar-refractivity contribution in [1.29, 1.82) is 0 Å². The average molecular weight is 356 g/mol. The van der Waals surface area contributed by atoms with Gasteiger partial charge < -0.3 is 14.7 Å². The molecule has 27 heavy (non-hydrogen) atoms. The Kier molecular flexibility index (Phi) is 4.03. The van der Waals surface area contributed by atoms with E-state index in [1.807, 2.05) is 60.7 Å². The summed E-state index contributed by atoms with van der Waals surface area (Å²) in [4.78, 5) is 15.5. The smallest absolute Gasteiger partial charge is 0.358 e. The fourth-order valence-electron chi connectivity index (χ4n) is 2.69. The van der Waals surface area contributed by atoms with E-state index in [4.69, 9.17) is 4.52 Å². The van der Waals surface area contributed by atoms with Crippen LogP contribution in [0, 0.1) is 11.8 Å². The molecule has 0 bridgehead atoms. The predicted octanol–water partition coefficient (Wildman–Crippen LogP) is 3.69. The Hall–Kier alpha value is -4.11. The zero-order valence-electron chi connectivity index (χ0n) is 13.9. The first kappa shape index (κ1) is 16.4. The molecule has 2 aromatic carbocycles. The first-order valence-corrected chi connectivity index (χ1v) is 8.03. The van der Waals surface area contributed by atoms with E-state index in [0.717, 1.165) is 11.1 Å². The van der Waals surface area contributed by atoms with Gasteiger partial charge in [0.1, 0.15) is 11.4 Å². The highest BCUT2D eigenvalue weighted by Crippen LogP contribution is 2.36. The third-order valence-electron chi connectivity index (χ3n) is 3.94. The Morgan fingerprint density at radius 1 is 0.963 bits per heavy atom. The molecule has 0 aliphatic carbocycles. The SMILES string of the molecule is O=C(O)c1nc(C#Cc2ccccc2)c2c(-c3ccccc3)noc2c1O. The van der Waals surface area contributed by atoms with Gasteiger partial charge in [0.15, 0.2) is 11.4 Å². The van der Waals surface area contributed by atoms with Crippen LogP contribution in [0.4, 0.5) is 0 Å². The predicted molar refractivity (Wildman–Crippen MR) is 98.3 cm³/mol. The highest BCUT2D eigenvalue weighted by Gasteiger charge is 2.24. The van der Waals surface area contributed by atoms with Gasteiger partial charge in [0, 0.05) is 11.1 Å². The Morgan fingerprint density at radius 3 is 2.30 bits per heavy atom. The lowest BCUT2D eigenvalue weighted by Gasteiger charge is -2.02. The molecule has 0 spiro atoms. The molecule has 6 heteroatoms. The number of carbonyl (C=O) groups is 1. The number of rotatable bonds is 2. The summed E-state index contributed by atoms with van der Waals surface area (Å²) in [6, 6.07) is 18.4. The number of aromatic nitrogens is 2. The standard InChI is InChI=1S/C21H12N2O4/c24-19-18(21(25)26)22-15(12-11-13-7-3-1-4-8-13)16-17(23-27-20(16)19)14-9-5-2-6-10-14/h1-10,24H,(H,25,26). The summed E-state index contributed by atoms with van der Waals surface area (Å²) >= 11 is 0. The van der Waals surface area contributed by atoms with Crippen LogP contribution in [0.5, 0.6) is 5.75 Å². The van der Waals surface area contributed by atoms with E-state index in [1.165, 1.54) is 0 Å². The Labute approximate surface area is 153 Å². The third-order valence-corrected chi connectivity index (χ3v) is 3.94. The number of fused-ring (bicyclic) bond motifs is 1. The molecule has 0 radical (unpaired) electrons. The second kappa shape index (κ2) is 6.65. The van der Waals surface area contributed by atoms with Crippen LogP contribution in [0.3, 0.4) is 0 Å². The molecule has 4 aromatic rings. The van der Waals surface area contributed by atoms with Crippen LogP contribution in [0.1, 0.15) is 21.7 Å². The minimum Gasteiger partial charge on any atom is -0.502 e. The van der Waals surface area contributed by atoms with Crippen LogP contribution in [0.15, 0.2) is 65.2 Å². The van der Waals surface area contributed by atoms with E-state index in [1.54, 1.807) is 0 Å². The fraction of sp³-hybridized carbons (Fsp3) is 0. The summed E-state index contributed by atoms with van der Waals surface area (Å²) in [6.45, 7) is 0. The maximum atomic E-state index is 11.4. The molecule has 0 atom stereocenters. The first-order valence-electron chi connectivity index (χ1n) is 8.03. The number of hydrogen-bond acceptors (Lipinski definition) is 5. The van der Waals surface area contributed by atoms with E-state index in [0.29, 0.717) is 11.1 Å². The molecule has 2 N–H and O–H groups in total. The van der Waals surface area contributed by atoms with E-state index in [9.17, 15) is 15.0 Å². The molecule has 4 rings (SSSR count). The van der Waals surface area contributed by atoms with Crippen molar-refractivity contribution in [2.75, 3.05) is 0 Å². The number of carboxylic acids is 1. The first-order chi connectivity index (χ1) is 13.1. The third kappa shape index (κ3) is 2.98. The Morgan fingerprint density at radius 2 is 1.63 bits per heavy atom. The molecule has 0 fully saturated rings. The van der Waals surface area contributed by atoms with Gasteiger partial charge in [0.05, 0.1) is 5.39 Å². The summed E-state index contributed by atoms with van der Waals surface area (Å²) < 4.78 is 5.25. The van der Waals surface area contributed by atoms with Gasteiger partial charge in [0.25, 0.3) is 0 Å². The van der Waals surface area contributed by atoms with Gasteiger partial charge in [-0.1, -0.05) is 59.6 Å². The minimum absolute atomic E-state index is 0.0568. The van der Waals surface area contributed by atoms with Crippen LogP contribution in [0.25, 0.3) is 22.2 Å². The van der Waals surface area contributed by atoms with E-state index < -0.39 is 17.4 Å². The van der Waals surface area contributed by atoms with Gasteiger partial charge in [-0.25, -0.2) is 9.78 Å². The molecule has 0 saturated carbocycles. The largest absolute Gasteiger partial charge is 0.502 e. The average Bonchev–Trinajstić information content (AvgIpc) is 3.15. The number of benzene rings is 2. The van der Waals surface area contributed by atoms with Crippen molar-refractivity contribution in [2.24, 2.45) is 0 Å². The number of aromatic hydroxyl groups is 1. The van der Waals surface area contributed by atoms with E-state index in [2.05, 4.69) is 22.0 Å². The normalized spacial score (nSPS) is 10.4. The molecule has 0 aliphatic heterocycles. The van der Waals surface area contributed by atoms with Crippen molar-refractivity contribution >= 4 is 16.9 Å². The number of nitrogens with zero attached hydrogens (tertiary/aromatic N) is 2. The molecule has 0 unspecified atom stereocenters. The zero-order valence-corrected chi connectivity index (χ0v) is 13.9. The van der Waals surface area contributed by atoms with Gasteiger partial charge in [0.2, 0.25) is 5.58 Å². The van der Waals surface area contributed by atoms with Crippen LogP contribution in [-0.2, 0) is 0 Å². The summed E-state index contributed by atoms with van der Waals surface area (Å²) in [7, 11) is 0. The highest BCUT2D eigenvalue weighted by atomic mass is 16.5. The second-order valence-electron chi connectivity index (χ2n) is 5.68. The number of hydrogen-bond donors (Lipinski definition) is 2. The van der Waals surface area contributed by atoms with Gasteiger partial charge in [-0.15, -0.1) is 0 Å². The Bertz CT molecular complexity index is 1200. The summed E-state index contributed by atoms with van der Waals surface area (Å²) in [6.07, 6.45) is 0. The molecule has 0 aliphatic rings. The van der Waals surface area contributed by atoms with Crippen molar-refractivity contribution in [1.82, 2.24) is 10.1 Å².